The zero-order valence-corrected chi connectivity index (χ0v) is 9.44. The molecule has 0 saturated heterocycles. The number of hydrogen-bond donors (Lipinski definition) is 1. The van der Waals surface area contributed by atoms with Crippen molar-refractivity contribution in [1.29, 1.82) is 0 Å². The lowest BCUT2D eigenvalue weighted by Crippen LogP contribution is -2.27. The average Bonchev–Trinajstić information content (AvgIpc) is 2.40. The molecule has 0 spiro atoms. The largest absolute Gasteiger partial charge is 0.486 e. The van der Waals surface area contributed by atoms with Crippen molar-refractivity contribution in [2.24, 2.45) is 0 Å². The highest BCUT2D eigenvalue weighted by Crippen LogP contribution is 2.25. The maximum atomic E-state index is 13.4. The highest BCUT2D eigenvalue weighted by atomic mass is 35.5. The quantitative estimate of drug-likeness (QED) is 0.802. The van der Waals surface area contributed by atoms with Crippen LogP contribution in [0.15, 0.2) is 18.2 Å². The van der Waals surface area contributed by atoms with Gasteiger partial charge in [0, 0.05) is 18.7 Å². The Bertz CT molecular complexity index is 332. The van der Waals surface area contributed by atoms with Crippen molar-refractivity contribution in [3.8, 4) is 5.75 Å². The Morgan fingerprint density at radius 3 is 3.07 bits per heavy atom. The third-order valence-electron chi connectivity index (χ3n) is 2.48. The van der Waals surface area contributed by atoms with Gasteiger partial charge in [0.1, 0.15) is 6.10 Å². The topological polar surface area (TPSA) is 21.3 Å². The van der Waals surface area contributed by atoms with Crippen LogP contribution in [0, 0.1) is 5.82 Å². The maximum Gasteiger partial charge on any atom is 0.165 e. The zero-order valence-electron chi connectivity index (χ0n) is 8.63. The van der Waals surface area contributed by atoms with Gasteiger partial charge < -0.3 is 10.1 Å². The molecule has 4 heteroatoms. The molecule has 0 bridgehead atoms. The Morgan fingerprint density at radius 1 is 1.53 bits per heavy atom. The smallest absolute Gasteiger partial charge is 0.165 e. The first-order chi connectivity index (χ1) is 6.81. The van der Waals surface area contributed by atoms with Gasteiger partial charge in [-0.3, -0.25) is 0 Å². The molecular formula is C11H15ClFNO. The first kappa shape index (κ1) is 12.3. The third kappa shape index (κ3) is 2.61. The van der Waals surface area contributed by atoms with Crippen molar-refractivity contribution in [3.63, 3.8) is 0 Å². The van der Waals surface area contributed by atoms with Gasteiger partial charge in [-0.25, -0.2) is 4.39 Å². The Kier molecular flexibility index (Phi) is 4.36. The molecule has 84 valence electrons. The van der Waals surface area contributed by atoms with E-state index in [0.717, 1.165) is 18.5 Å². The molecule has 0 aliphatic carbocycles. The monoisotopic (exact) mass is 231 g/mol. The molecule has 1 heterocycles. The third-order valence-corrected chi connectivity index (χ3v) is 2.48. The van der Waals surface area contributed by atoms with Gasteiger partial charge in [-0.2, -0.15) is 0 Å². The van der Waals surface area contributed by atoms with Crippen LogP contribution in [0.1, 0.15) is 18.9 Å². The van der Waals surface area contributed by atoms with Gasteiger partial charge in [0.05, 0.1) is 0 Å². The van der Waals surface area contributed by atoms with Crippen LogP contribution < -0.4 is 10.1 Å². The molecule has 0 aromatic heterocycles. The molecular weight excluding hydrogens is 217 g/mol. The van der Waals surface area contributed by atoms with Gasteiger partial charge in [0.2, 0.25) is 0 Å². The van der Waals surface area contributed by atoms with Gasteiger partial charge in [0.15, 0.2) is 11.6 Å². The summed E-state index contributed by atoms with van der Waals surface area (Å²) in [6.07, 6.45) is 0.967. The Morgan fingerprint density at radius 2 is 2.33 bits per heavy atom. The van der Waals surface area contributed by atoms with E-state index < -0.39 is 0 Å². The Labute approximate surface area is 95.2 Å². The number of ether oxygens (including phenoxy) is 1. The minimum atomic E-state index is -0.260. The SMILES string of the molecule is CCC1CNCc2cccc(F)c2O1.Cl. The molecule has 0 saturated carbocycles. The predicted octanol–water partition coefficient (Wildman–Crippen LogP) is 2.51. The van der Waals surface area contributed by atoms with Gasteiger partial charge in [0.25, 0.3) is 0 Å². The van der Waals surface area contributed by atoms with E-state index in [4.69, 9.17) is 4.74 Å². The van der Waals surface area contributed by atoms with Crippen molar-refractivity contribution < 1.29 is 9.13 Å². The van der Waals surface area contributed by atoms with Gasteiger partial charge in [-0.15, -0.1) is 12.4 Å². The molecule has 1 unspecified atom stereocenters. The van der Waals surface area contributed by atoms with Crippen molar-refractivity contribution in [3.05, 3.63) is 29.6 Å². The number of nitrogens with one attached hydrogen (secondary N) is 1. The zero-order chi connectivity index (χ0) is 9.97. The van der Waals surface area contributed by atoms with Crippen LogP contribution in [0.4, 0.5) is 4.39 Å². The van der Waals surface area contributed by atoms with Crippen molar-refractivity contribution in [1.82, 2.24) is 5.32 Å². The van der Waals surface area contributed by atoms with E-state index in [0.29, 0.717) is 12.3 Å². The summed E-state index contributed by atoms with van der Waals surface area (Å²) < 4.78 is 19.0. The summed E-state index contributed by atoms with van der Waals surface area (Å²) in [7, 11) is 0. The average molecular weight is 232 g/mol. The molecule has 1 atom stereocenters. The second kappa shape index (κ2) is 5.33. The highest BCUT2D eigenvalue weighted by Gasteiger charge is 2.18. The van der Waals surface area contributed by atoms with Crippen LogP contribution in [0.25, 0.3) is 0 Å². The number of hydrogen-bond acceptors (Lipinski definition) is 2. The molecule has 1 N–H and O–H groups in total. The minimum Gasteiger partial charge on any atom is -0.486 e. The normalized spacial score (nSPS) is 19.5. The number of para-hydroxylation sites is 1. The second-order valence-electron chi connectivity index (χ2n) is 3.51. The number of rotatable bonds is 1. The standard InChI is InChI=1S/C11H14FNO.ClH/c1-2-9-7-13-6-8-4-3-5-10(12)11(8)14-9;/h3-5,9,13H,2,6-7H2,1H3;1H. The van der Waals surface area contributed by atoms with E-state index in [9.17, 15) is 4.39 Å². The molecule has 1 aliphatic rings. The second-order valence-corrected chi connectivity index (χ2v) is 3.51. The van der Waals surface area contributed by atoms with Crippen molar-refractivity contribution in [2.45, 2.75) is 26.0 Å². The lowest BCUT2D eigenvalue weighted by molar-refractivity contribution is 0.193. The molecule has 2 rings (SSSR count). The van der Waals surface area contributed by atoms with Crippen LogP contribution in [0.5, 0.6) is 5.75 Å². The fraction of sp³-hybridized carbons (Fsp3) is 0.455. The van der Waals surface area contributed by atoms with E-state index in [-0.39, 0.29) is 24.3 Å². The fourth-order valence-electron chi connectivity index (χ4n) is 1.63. The molecule has 1 aromatic carbocycles. The number of benzene rings is 1. The molecule has 15 heavy (non-hydrogen) atoms. The van der Waals surface area contributed by atoms with Crippen LogP contribution >= 0.6 is 12.4 Å². The lowest BCUT2D eigenvalue weighted by Gasteiger charge is -2.15. The molecule has 1 aliphatic heterocycles. The number of fused-ring (bicyclic) bond motifs is 1. The molecule has 1 aromatic rings. The summed E-state index contributed by atoms with van der Waals surface area (Å²) in [5.41, 5.74) is 0.904. The Hall–Kier alpha value is -0.800. The Balaban J connectivity index is 0.00000112. The summed E-state index contributed by atoms with van der Waals surface area (Å²) in [5.74, 6) is 0.161. The van der Waals surface area contributed by atoms with E-state index in [1.54, 1.807) is 6.07 Å². The van der Waals surface area contributed by atoms with E-state index in [1.165, 1.54) is 6.07 Å². The summed E-state index contributed by atoms with van der Waals surface area (Å²) in [6, 6.07) is 5.05. The summed E-state index contributed by atoms with van der Waals surface area (Å²) >= 11 is 0. The summed E-state index contributed by atoms with van der Waals surface area (Å²) in [6.45, 7) is 3.51. The summed E-state index contributed by atoms with van der Waals surface area (Å²) in [4.78, 5) is 0. The van der Waals surface area contributed by atoms with E-state index in [1.807, 2.05) is 13.0 Å². The summed E-state index contributed by atoms with van der Waals surface area (Å²) in [5, 5.41) is 3.24. The van der Waals surface area contributed by atoms with Gasteiger partial charge in [-0.1, -0.05) is 19.1 Å². The van der Waals surface area contributed by atoms with Crippen LogP contribution in [-0.4, -0.2) is 12.6 Å². The molecule has 2 nitrogen and oxygen atoms in total. The fourth-order valence-corrected chi connectivity index (χ4v) is 1.63. The lowest BCUT2D eigenvalue weighted by atomic mass is 10.2. The van der Waals surface area contributed by atoms with E-state index in [2.05, 4.69) is 5.32 Å². The maximum absolute atomic E-state index is 13.4. The minimum absolute atomic E-state index is 0. The molecule has 0 amide bonds. The molecule has 0 radical (unpaired) electrons. The predicted molar refractivity (Wildman–Crippen MR) is 60.1 cm³/mol. The first-order valence-corrected chi connectivity index (χ1v) is 4.96. The highest BCUT2D eigenvalue weighted by molar-refractivity contribution is 5.85. The van der Waals surface area contributed by atoms with Crippen LogP contribution in [-0.2, 0) is 6.54 Å². The molecule has 0 fully saturated rings. The van der Waals surface area contributed by atoms with Crippen molar-refractivity contribution in [2.75, 3.05) is 6.54 Å². The van der Waals surface area contributed by atoms with Gasteiger partial charge in [-0.05, 0) is 12.5 Å². The van der Waals surface area contributed by atoms with E-state index >= 15 is 0 Å². The first-order valence-electron chi connectivity index (χ1n) is 4.96. The van der Waals surface area contributed by atoms with Crippen LogP contribution in [0.2, 0.25) is 0 Å². The van der Waals surface area contributed by atoms with Gasteiger partial charge >= 0.3 is 0 Å². The van der Waals surface area contributed by atoms with Crippen LogP contribution in [0.3, 0.4) is 0 Å². The number of halogens is 2. The van der Waals surface area contributed by atoms with Crippen molar-refractivity contribution >= 4 is 12.4 Å².